The Morgan fingerprint density at radius 2 is 1.07 bits per heavy atom. The molecule has 0 N–H and O–H groups in total. The molecule has 0 saturated heterocycles. The van der Waals surface area contributed by atoms with Crippen LogP contribution in [0, 0.1) is 85.7 Å². The molecule has 6 heterocycles. The number of thioether (sulfide) groups is 2. The summed E-state index contributed by atoms with van der Waals surface area (Å²) in [5.74, 6) is -0.375. The van der Waals surface area contributed by atoms with E-state index >= 15 is 9.59 Å². The highest BCUT2D eigenvalue weighted by Gasteiger charge is 2.54. The smallest absolute Gasteiger partial charge is 0.343 e. The molecule has 2 aliphatic carbocycles. The van der Waals surface area contributed by atoms with E-state index in [0.717, 1.165) is 63.0 Å². The molecule has 6 unspecified atom stereocenters. The van der Waals surface area contributed by atoms with E-state index in [0.29, 0.717) is 45.4 Å². The van der Waals surface area contributed by atoms with Gasteiger partial charge in [-0.05, 0) is 71.3 Å². The van der Waals surface area contributed by atoms with Crippen LogP contribution in [0.15, 0.2) is 87.6 Å². The van der Waals surface area contributed by atoms with Crippen molar-refractivity contribution >= 4 is 63.2 Å². The van der Waals surface area contributed by atoms with Crippen molar-refractivity contribution in [2.45, 2.75) is 151 Å². The van der Waals surface area contributed by atoms with Gasteiger partial charge in [0.2, 0.25) is 0 Å². The van der Waals surface area contributed by atoms with Gasteiger partial charge in [-0.15, -0.1) is 10.2 Å². The van der Waals surface area contributed by atoms with Crippen molar-refractivity contribution in [1.29, 1.82) is 10.5 Å². The number of nitriles is 2. The summed E-state index contributed by atoms with van der Waals surface area (Å²) in [4.78, 5) is 46.6. The normalized spacial score (nSPS) is 27.2. The summed E-state index contributed by atoms with van der Waals surface area (Å²) in [6, 6.07) is 28.7. The molecule has 0 spiro atoms. The second-order valence-electron chi connectivity index (χ2n) is 28.3. The molecule has 16 heteroatoms. The van der Waals surface area contributed by atoms with Crippen molar-refractivity contribution in [3.05, 3.63) is 100 Å². The summed E-state index contributed by atoms with van der Waals surface area (Å²) in [5.41, 5.74) is 3.92. The molecule has 2 fully saturated rings. The van der Waals surface area contributed by atoms with Gasteiger partial charge < -0.3 is 19.3 Å². The number of nitrogens with zero attached hydrogens (tertiary/aromatic N) is 10. The van der Waals surface area contributed by atoms with Crippen LogP contribution in [0.2, 0.25) is 0 Å². The van der Waals surface area contributed by atoms with Crippen molar-refractivity contribution in [2.24, 2.45) is 63.1 Å². The summed E-state index contributed by atoms with van der Waals surface area (Å²) in [5, 5.41) is 34.7. The highest BCUT2D eigenvalue weighted by molar-refractivity contribution is 8.08. The molecule has 6 aromatic rings. The minimum Gasteiger partial charge on any atom is -0.461 e. The quantitative estimate of drug-likeness (QED) is 0.144. The first-order valence-corrected chi connectivity index (χ1v) is 30.7. The Kier molecular flexibility index (Phi) is 14.4. The van der Waals surface area contributed by atoms with Crippen LogP contribution in [0.4, 0.5) is 11.4 Å². The van der Waals surface area contributed by atoms with Crippen molar-refractivity contribution < 1.29 is 19.1 Å². The van der Waals surface area contributed by atoms with E-state index in [2.05, 4.69) is 131 Å². The second-order valence-corrected chi connectivity index (χ2v) is 30.4. The van der Waals surface area contributed by atoms with Gasteiger partial charge >= 0.3 is 11.9 Å². The second kappa shape index (κ2) is 20.6. The molecule has 11 rings (SSSR count). The van der Waals surface area contributed by atoms with Crippen LogP contribution < -0.4 is 15.1 Å². The van der Waals surface area contributed by atoms with Crippen LogP contribution in [-0.2, 0) is 14.3 Å². The first-order chi connectivity index (χ1) is 38.6. The summed E-state index contributed by atoms with van der Waals surface area (Å²) < 4.78 is 17.1. The predicted molar refractivity (Wildman–Crippen MR) is 325 cm³/mol. The van der Waals surface area contributed by atoms with E-state index < -0.39 is 23.8 Å². The number of carbonyl (C=O) groups excluding carboxylic acids is 2. The van der Waals surface area contributed by atoms with E-state index in [4.69, 9.17) is 29.6 Å². The Morgan fingerprint density at radius 3 is 1.54 bits per heavy atom. The van der Waals surface area contributed by atoms with E-state index in [-0.39, 0.29) is 74.3 Å². The number of fused-ring (bicyclic) bond motifs is 4. The van der Waals surface area contributed by atoms with E-state index in [1.165, 1.54) is 23.5 Å². The van der Waals surface area contributed by atoms with E-state index in [1.54, 1.807) is 9.20 Å². The number of rotatable bonds is 6. The average molecular weight is 1140 g/mol. The van der Waals surface area contributed by atoms with Crippen molar-refractivity contribution in [3.8, 4) is 34.9 Å². The van der Waals surface area contributed by atoms with Gasteiger partial charge in [0, 0.05) is 58.7 Å². The number of hydrogen-bond donors (Lipinski definition) is 0. The van der Waals surface area contributed by atoms with Crippen molar-refractivity contribution in [2.75, 3.05) is 23.9 Å². The van der Waals surface area contributed by atoms with Gasteiger partial charge in [-0.2, -0.15) is 10.5 Å². The number of esters is 2. The van der Waals surface area contributed by atoms with Gasteiger partial charge in [-0.25, -0.2) is 24.0 Å². The third kappa shape index (κ3) is 9.87. The number of anilines is 2. The predicted octanol–water partition coefficient (Wildman–Crippen LogP) is 14.1. The fraction of sp³-hybridized carbons (Fsp3) is 0.515. The highest BCUT2D eigenvalue weighted by atomic mass is 32.2. The van der Waals surface area contributed by atoms with E-state index in [1.807, 2.05) is 74.8 Å². The van der Waals surface area contributed by atoms with Gasteiger partial charge in [0.1, 0.15) is 56.9 Å². The van der Waals surface area contributed by atoms with Crippen molar-refractivity contribution in [3.63, 3.8) is 0 Å². The number of hydrogen-bond acceptors (Lipinski definition) is 14. The lowest BCUT2D eigenvalue weighted by Crippen LogP contribution is -2.50. The fourth-order valence-electron chi connectivity index (χ4n) is 14.0. The molecule has 428 valence electrons. The van der Waals surface area contributed by atoms with Crippen LogP contribution >= 0.6 is 23.5 Å². The minimum atomic E-state index is -1.03. The summed E-state index contributed by atoms with van der Waals surface area (Å²) in [6.45, 7) is 31.4. The molecule has 0 amide bonds. The molecule has 6 atom stereocenters. The number of allylic oxidation sites excluding steroid dienone is 1. The van der Waals surface area contributed by atoms with Crippen LogP contribution in [0.25, 0.3) is 39.1 Å². The Morgan fingerprint density at radius 1 is 0.622 bits per heavy atom. The maximum Gasteiger partial charge on any atom is 0.343 e. The van der Waals surface area contributed by atoms with Crippen LogP contribution in [0.1, 0.15) is 150 Å². The molecule has 3 aliphatic heterocycles. The maximum atomic E-state index is 15.3. The Labute approximate surface area is 492 Å². The highest BCUT2D eigenvalue weighted by Crippen LogP contribution is 2.58. The zero-order valence-corrected chi connectivity index (χ0v) is 52.1. The van der Waals surface area contributed by atoms with Gasteiger partial charge in [0.15, 0.2) is 17.3 Å². The van der Waals surface area contributed by atoms with Crippen molar-refractivity contribution in [1.82, 2.24) is 29.4 Å². The maximum absolute atomic E-state index is 15.3. The third-order valence-electron chi connectivity index (χ3n) is 18.4. The number of aromatic nitrogens is 6. The minimum absolute atomic E-state index is 0.0911. The van der Waals surface area contributed by atoms with Gasteiger partial charge in [-0.1, -0.05) is 181 Å². The SMILES string of the molecule is CC1CC(C(C)(C)C)C(OC(=O)c2c(C#N)c(=C3Sc4cc5c(cc4N3C)SC(=C3C(C#N)C(C(=O)OC4C(C(C)(C)C)CC(C)CC4C(C)(C)C)c4nc(-c6ccccc6)nn43)N5C)n3nc(-c4ccccc4)nc23)C(C(C)(C)C)C1. The molecule has 3 aromatic heterocycles. The van der Waals surface area contributed by atoms with Crippen LogP contribution in [0.3, 0.4) is 0 Å². The standard InChI is InChI=1S/C66H78N10O4S2/c1-35-27-41(63(3,4)5)53(42(28-35)64(6,7)8)79-61(77)49-39(33-67)51(75-57(49)69-55(71-75)37-23-19-17-20-24-37)59-73(15)45-31-48-46(32-47(45)81-59)74(16)60(82-48)52-40(34-68)50(58-70-56(72-76(52)58)38-25-21-18-22-26-38)62(78)80-54-43(65(9,10)11)29-36(2)30-44(54)66(12,13)14/h17-26,31-32,35-36,39,41-44,49,53-54H,27-30H2,1-16H3. The van der Waals surface area contributed by atoms with Gasteiger partial charge in [0.05, 0.1) is 28.7 Å². The summed E-state index contributed by atoms with van der Waals surface area (Å²) in [6.07, 6.45) is 3.01. The summed E-state index contributed by atoms with van der Waals surface area (Å²) in [7, 11) is 3.95. The third-order valence-corrected chi connectivity index (χ3v) is 20.9. The zero-order chi connectivity index (χ0) is 58.9. The number of benzene rings is 3. The van der Waals surface area contributed by atoms with Crippen LogP contribution in [-0.4, -0.2) is 67.6 Å². The average Bonchev–Trinajstić information content (AvgIpc) is 2.23. The Bertz CT molecular complexity index is 3650. The molecular weight excluding hydrogens is 1060 g/mol. The Balaban J connectivity index is 0.992. The molecular formula is C66H78N10O4S2. The lowest BCUT2D eigenvalue weighted by Gasteiger charge is -2.50. The molecule has 0 bridgehead atoms. The first-order valence-electron chi connectivity index (χ1n) is 29.1. The molecule has 3 aromatic carbocycles. The summed E-state index contributed by atoms with van der Waals surface area (Å²) >= 11 is 3.01. The Hall–Kier alpha value is -6.62. The number of ether oxygens (including phenoxy) is 2. The van der Waals surface area contributed by atoms with Gasteiger partial charge in [0.25, 0.3) is 0 Å². The first kappa shape index (κ1) is 57.2. The van der Waals surface area contributed by atoms with Crippen LogP contribution in [0.5, 0.6) is 0 Å². The molecule has 82 heavy (non-hydrogen) atoms. The topological polar surface area (TPSA) is 168 Å². The fourth-order valence-corrected chi connectivity index (χ4v) is 16.4. The number of carbonyl (C=O) groups is 2. The molecule has 5 aliphatic rings. The monoisotopic (exact) mass is 1140 g/mol. The molecule has 0 radical (unpaired) electrons. The van der Waals surface area contributed by atoms with Gasteiger partial charge in [-0.3, -0.25) is 4.79 Å². The lowest BCUT2D eigenvalue weighted by atomic mass is 9.59. The largest absolute Gasteiger partial charge is 0.461 e. The molecule has 2 saturated carbocycles. The molecule has 14 nitrogen and oxygen atoms in total. The zero-order valence-electron chi connectivity index (χ0n) is 50.5. The lowest BCUT2D eigenvalue weighted by molar-refractivity contribution is -0.171. The van der Waals surface area contributed by atoms with E-state index in [9.17, 15) is 10.5 Å².